The van der Waals surface area contributed by atoms with Gasteiger partial charge in [0, 0.05) is 24.2 Å². The number of rotatable bonds is 4. The van der Waals surface area contributed by atoms with E-state index in [1.54, 1.807) is 0 Å². The number of non-ortho nitro benzene ring substituents is 1. The van der Waals surface area contributed by atoms with Gasteiger partial charge in [0.15, 0.2) is 0 Å². The Morgan fingerprint density at radius 1 is 1.43 bits per heavy atom. The fourth-order valence-electron chi connectivity index (χ4n) is 2.84. The van der Waals surface area contributed by atoms with Gasteiger partial charge in [-0.05, 0) is 32.3 Å². The zero-order valence-electron chi connectivity index (χ0n) is 12.0. The van der Waals surface area contributed by atoms with Crippen molar-refractivity contribution in [1.82, 2.24) is 4.31 Å². The van der Waals surface area contributed by atoms with Crippen molar-refractivity contribution in [3.8, 4) is 0 Å². The van der Waals surface area contributed by atoms with Crippen molar-refractivity contribution < 1.29 is 13.3 Å². The summed E-state index contributed by atoms with van der Waals surface area (Å²) in [6, 6.07) is 3.32. The lowest BCUT2D eigenvalue weighted by atomic mass is 10.2. The van der Waals surface area contributed by atoms with Crippen LogP contribution < -0.4 is 5.73 Å². The highest BCUT2D eigenvalue weighted by Gasteiger charge is 2.40. The second-order valence-electron chi connectivity index (χ2n) is 5.30. The number of hydrogen-bond acceptors (Lipinski definition) is 5. The zero-order chi connectivity index (χ0) is 15.8. The van der Waals surface area contributed by atoms with Crippen LogP contribution in [-0.4, -0.2) is 29.7 Å². The van der Waals surface area contributed by atoms with Gasteiger partial charge in [0.25, 0.3) is 5.69 Å². The molecule has 1 heterocycles. The molecule has 2 rings (SSSR count). The number of sulfonamides is 1. The van der Waals surface area contributed by atoms with Crippen LogP contribution in [0.25, 0.3) is 0 Å². The van der Waals surface area contributed by atoms with Gasteiger partial charge in [0.05, 0.1) is 10.6 Å². The van der Waals surface area contributed by atoms with Gasteiger partial charge in [0.2, 0.25) is 10.0 Å². The first kappa shape index (κ1) is 15.7. The summed E-state index contributed by atoms with van der Waals surface area (Å²) in [5.41, 5.74) is 5.51. The van der Waals surface area contributed by atoms with E-state index in [0.29, 0.717) is 6.42 Å². The first-order valence-corrected chi connectivity index (χ1v) is 8.30. The second kappa shape index (κ2) is 5.61. The molecule has 1 fully saturated rings. The van der Waals surface area contributed by atoms with Crippen molar-refractivity contribution in [2.75, 3.05) is 5.73 Å². The predicted molar refractivity (Wildman–Crippen MR) is 79.3 cm³/mol. The van der Waals surface area contributed by atoms with Crippen molar-refractivity contribution in [3.05, 3.63) is 28.3 Å². The fourth-order valence-corrected chi connectivity index (χ4v) is 4.93. The highest BCUT2D eigenvalue weighted by atomic mass is 32.2. The molecule has 1 aromatic rings. The number of nitrogens with zero attached hydrogens (tertiary/aromatic N) is 2. The van der Waals surface area contributed by atoms with E-state index in [4.69, 9.17) is 5.73 Å². The molecule has 21 heavy (non-hydrogen) atoms. The van der Waals surface area contributed by atoms with Gasteiger partial charge in [-0.25, -0.2) is 8.42 Å². The summed E-state index contributed by atoms with van der Waals surface area (Å²) in [5.74, 6) is 0. The Morgan fingerprint density at radius 3 is 2.67 bits per heavy atom. The summed E-state index contributed by atoms with van der Waals surface area (Å²) >= 11 is 0. The molecule has 0 saturated carbocycles. The normalized spacial score (nSPS) is 23.3. The van der Waals surface area contributed by atoms with Gasteiger partial charge in [-0.3, -0.25) is 10.1 Å². The summed E-state index contributed by atoms with van der Waals surface area (Å²) in [5, 5.41) is 10.9. The van der Waals surface area contributed by atoms with E-state index in [1.165, 1.54) is 16.4 Å². The molecule has 0 amide bonds. The fraction of sp³-hybridized carbons (Fsp3) is 0.538. The topological polar surface area (TPSA) is 107 Å². The van der Waals surface area contributed by atoms with Crippen molar-refractivity contribution in [2.45, 2.75) is 50.1 Å². The summed E-state index contributed by atoms with van der Waals surface area (Å²) in [4.78, 5) is 10.1. The minimum absolute atomic E-state index is 0.0366. The van der Waals surface area contributed by atoms with Crippen LogP contribution >= 0.6 is 0 Å². The van der Waals surface area contributed by atoms with Gasteiger partial charge in [-0.1, -0.05) is 6.92 Å². The van der Waals surface area contributed by atoms with Gasteiger partial charge < -0.3 is 5.73 Å². The van der Waals surface area contributed by atoms with Gasteiger partial charge >= 0.3 is 0 Å². The maximum Gasteiger partial charge on any atom is 0.270 e. The largest absolute Gasteiger partial charge is 0.398 e. The van der Waals surface area contributed by atoms with E-state index in [2.05, 4.69) is 0 Å². The molecular formula is C13H19N3O4S. The average molecular weight is 313 g/mol. The number of benzene rings is 1. The maximum absolute atomic E-state index is 12.8. The molecule has 1 saturated heterocycles. The highest BCUT2D eigenvalue weighted by molar-refractivity contribution is 7.89. The molecule has 2 atom stereocenters. The summed E-state index contributed by atoms with van der Waals surface area (Å²) in [6.45, 7) is 3.78. The van der Waals surface area contributed by atoms with Crippen LogP contribution in [0.4, 0.5) is 11.4 Å². The van der Waals surface area contributed by atoms with E-state index < -0.39 is 14.9 Å². The standard InChI is InChI=1S/C13H19N3O4S/c1-3-10-5-4-9(2)15(10)21(19,20)13-8-11(16(17)18)6-7-12(13)14/h6-10H,3-5,14H2,1-2H3. The van der Waals surface area contributed by atoms with Gasteiger partial charge in [-0.2, -0.15) is 4.31 Å². The lowest BCUT2D eigenvalue weighted by Gasteiger charge is -2.27. The third-order valence-electron chi connectivity index (χ3n) is 3.95. The van der Waals surface area contributed by atoms with Crippen LogP contribution in [0.2, 0.25) is 0 Å². The first-order valence-electron chi connectivity index (χ1n) is 6.86. The molecule has 7 nitrogen and oxygen atoms in total. The van der Waals surface area contributed by atoms with E-state index in [9.17, 15) is 18.5 Å². The number of hydrogen-bond donors (Lipinski definition) is 1. The minimum atomic E-state index is -3.83. The molecule has 1 aromatic carbocycles. The molecule has 0 aliphatic carbocycles. The maximum atomic E-state index is 12.8. The third-order valence-corrected chi connectivity index (χ3v) is 6.07. The monoisotopic (exact) mass is 313 g/mol. The van der Waals surface area contributed by atoms with E-state index in [-0.39, 0.29) is 28.4 Å². The van der Waals surface area contributed by atoms with E-state index >= 15 is 0 Å². The van der Waals surface area contributed by atoms with Crippen LogP contribution in [-0.2, 0) is 10.0 Å². The van der Waals surface area contributed by atoms with Crippen molar-refractivity contribution in [3.63, 3.8) is 0 Å². The Labute approximate surface area is 123 Å². The van der Waals surface area contributed by atoms with E-state index in [0.717, 1.165) is 18.9 Å². The molecule has 116 valence electrons. The Kier molecular flexibility index (Phi) is 4.20. The summed E-state index contributed by atoms with van der Waals surface area (Å²) < 4.78 is 27.1. The second-order valence-corrected chi connectivity index (χ2v) is 7.11. The van der Waals surface area contributed by atoms with Gasteiger partial charge in [0.1, 0.15) is 4.90 Å². The van der Waals surface area contributed by atoms with Crippen LogP contribution in [0, 0.1) is 10.1 Å². The molecule has 2 N–H and O–H groups in total. The van der Waals surface area contributed by atoms with Crippen LogP contribution in [0.5, 0.6) is 0 Å². The Balaban J connectivity index is 2.53. The Bertz CT molecular complexity index is 659. The van der Waals surface area contributed by atoms with Crippen LogP contribution in [0.1, 0.15) is 33.1 Å². The molecule has 0 spiro atoms. The number of nitro groups is 1. The molecule has 8 heteroatoms. The third kappa shape index (κ3) is 2.73. The molecule has 1 aliphatic heterocycles. The quantitative estimate of drug-likeness (QED) is 0.520. The molecule has 1 aliphatic rings. The highest BCUT2D eigenvalue weighted by Crippen LogP contribution is 2.35. The first-order chi connectivity index (χ1) is 9.78. The Morgan fingerprint density at radius 2 is 2.10 bits per heavy atom. The number of nitrogens with two attached hydrogens (primary N) is 1. The van der Waals surface area contributed by atoms with E-state index in [1.807, 2.05) is 13.8 Å². The van der Waals surface area contributed by atoms with Crippen LogP contribution in [0.3, 0.4) is 0 Å². The minimum Gasteiger partial charge on any atom is -0.398 e. The number of nitro benzene ring substituents is 1. The lowest BCUT2D eigenvalue weighted by Crippen LogP contribution is -2.39. The average Bonchev–Trinajstić information content (AvgIpc) is 2.80. The summed E-state index contributed by atoms with van der Waals surface area (Å²) in [6.07, 6.45) is 2.29. The molecule has 2 unspecified atom stereocenters. The van der Waals surface area contributed by atoms with Crippen molar-refractivity contribution >= 4 is 21.4 Å². The van der Waals surface area contributed by atoms with Crippen molar-refractivity contribution in [1.29, 1.82) is 0 Å². The van der Waals surface area contributed by atoms with Gasteiger partial charge in [-0.15, -0.1) is 0 Å². The zero-order valence-corrected chi connectivity index (χ0v) is 12.8. The molecule has 0 radical (unpaired) electrons. The molecular weight excluding hydrogens is 294 g/mol. The smallest absolute Gasteiger partial charge is 0.270 e. The Hall–Kier alpha value is -1.67. The SMILES string of the molecule is CCC1CCC(C)N1S(=O)(=O)c1cc([N+](=O)[O-])ccc1N. The summed E-state index contributed by atoms with van der Waals surface area (Å²) in [7, 11) is -3.83. The molecule has 0 aromatic heterocycles. The molecule has 0 bridgehead atoms. The number of anilines is 1. The lowest BCUT2D eigenvalue weighted by molar-refractivity contribution is -0.385. The number of nitrogen functional groups attached to an aromatic ring is 1. The van der Waals surface area contributed by atoms with Crippen LogP contribution in [0.15, 0.2) is 23.1 Å². The predicted octanol–water partition coefficient (Wildman–Crippen LogP) is 2.13. The van der Waals surface area contributed by atoms with Crippen molar-refractivity contribution in [2.24, 2.45) is 0 Å².